The van der Waals surface area contributed by atoms with E-state index in [9.17, 15) is 18.0 Å². The molecule has 0 spiro atoms. The van der Waals surface area contributed by atoms with Crippen molar-refractivity contribution in [2.75, 3.05) is 18.7 Å². The van der Waals surface area contributed by atoms with Crippen molar-refractivity contribution in [3.63, 3.8) is 0 Å². The van der Waals surface area contributed by atoms with Gasteiger partial charge in [0.25, 0.3) is 0 Å². The first-order valence-corrected chi connectivity index (χ1v) is 10.7. The Morgan fingerprint density at radius 1 is 1.28 bits per heavy atom. The lowest BCUT2D eigenvalue weighted by molar-refractivity contribution is -0.137. The van der Waals surface area contributed by atoms with E-state index in [-0.39, 0.29) is 21.8 Å². The second-order valence-corrected chi connectivity index (χ2v) is 8.46. The van der Waals surface area contributed by atoms with Gasteiger partial charge in [-0.15, -0.1) is 23.1 Å². The van der Waals surface area contributed by atoms with Crippen LogP contribution in [0.4, 0.5) is 24.8 Å². The lowest BCUT2D eigenvalue weighted by Crippen LogP contribution is -2.06. The van der Waals surface area contributed by atoms with E-state index < -0.39 is 17.7 Å². The highest BCUT2D eigenvalue weighted by atomic mass is 79.9. The SMILES string of the molecule is COC(=O)c1nc(-c2ccnc(Nc3cc(Br)cc(C(F)(F)F)c3)n2)sc1SC. The number of nitrogens with one attached hydrogen (secondary N) is 1. The van der Waals surface area contributed by atoms with Crippen molar-refractivity contribution in [3.05, 3.63) is 46.2 Å². The van der Waals surface area contributed by atoms with Gasteiger partial charge in [0.2, 0.25) is 5.95 Å². The van der Waals surface area contributed by atoms with E-state index in [2.05, 4.69) is 36.2 Å². The summed E-state index contributed by atoms with van der Waals surface area (Å²) in [5.41, 5.74) is -0.0280. The molecule has 0 bridgehead atoms. The number of halogens is 4. The minimum atomic E-state index is -4.48. The van der Waals surface area contributed by atoms with Crippen LogP contribution in [0.1, 0.15) is 16.1 Å². The van der Waals surface area contributed by atoms with Gasteiger partial charge in [0.05, 0.1) is 16.9 Å². The molecule has 0 fully saturated rings. The van der Waals surface area contributed by atoms with E-state index in [0.717, 1.165) is 12.1 Å². The minimum Gasteiger partial charge on any atom is -0.464 e. The summed E-state index contributed by atoms with van der Waals surface area (Å²) in [6.45, 7) is 0. The maximum Gasteiger partial charge on any atom is 0.416 e. The minimum absolute atomic E-state index is 0.0919. The largest absolute Gasteiger partial charge is 0.464 e. The van der Waals surface area contributed by atoms with Crippen LogP contribution < -0.4 is 5.32 Å². The second kappa shape index (κ2) is 8.67. The number of nitrogens with zero attached hydrogens (tertiary/aromatic N) is 3. The maximum absolute atomic E-state index is 13.0. The van der Waals surface area contributed by atoms with E-state index in [1.807, 2.05) is 6.26 Å². The van der Waals surface area contributed by atoms with Crippen LogP contribution in [0.2, 0.25) is 0 Å². The predicted molar refractivity (Wildman–Crippen MR) is 109 cm³/mol. The summed E-state index contributed by atoms with van der Waals surface area (Å²) >= 11 is 5.68. The van der Waals surface area contributed by atoms with Gasteiger partial charge in [0.1, 0.15) is 10.7 Å². The first-order valence-electron chi connectivity index (χ1n) is 7.82. The summed E-state index contributed by atoms with van der Waals surface area (Å²) < 4.78 is 44.7. The number of hydrogen-bond donors (Lipinski definition) is 1. The van der Waals surface area contributed by atoms with Crippen LogP contribution in [0.15, 0.2) is 39.1 Å². The number of methoxy groups -OCH3 is 1. The fourth-order valence-electron chi connectivity index (χ4n) is 2.27. The van der Waals surface area contributed by atoms with Crippen molar-refractivity contribution >= 4 is 56.6 Å². The average Bonchev–Trinajstić information content (AvgIpc) is 3.11. The van der Waals surface area contributed by atoms with Gasteiger partial charge < -0.3 is 10.1 Å². The van der Waals surface area contributed by atoms with Crippen LogP contribution in [0.5, 0.6) is 0 Å². The highest BCUT2D eigenvalue weighted by Crippen LogP contribution is 2.35. The molecule has 0 saturated heterocycles. The van der Waals surface area contributed by atoms with E-state index in [4.69, 9.17) is 4.74 Å². The molecule has 152 valence electrons. The van der Waals surface area contributed by atoms with Crippen LogP contribution in [-0.4, -0.2) is 34.3 Å². The third-order valence-corrected chi connectivity index (χ3v) is 6.16. The number of rotatable bonds is 5. The normalized spacial score (nSPS) is 11.4. The smallest absolute Gasteiger partial charge is 0.416 e. The molecule has 0 saturated carbocycles. The number of aromatic nitrogens is 3. The number of hydrogen-bond acceptors (Lipinski definition) is 8. The van der Waals surface area contributed by atoms with Gasteiger partial charge in [-0.05, 0) is 30.5 Å². The number of anilines is 2. The lowest BCUT2D eigenvalue weighted by atomic mass is 10.2. The summed E-state index contributed by atoms with van der Waals surface area (Å²) in [6.07, 6.45) is -1.23. The van der Waals surface area contributed by atoms with Crippen molar-refractivity contribution in [1.82, 2.24) is 15.0 Å². The lowest BCUT2D eigenvalue weighted by Gasteiger charge is -2.11. The Labute approximate surface area is 180 Å². The molecule has 2 heterocycles. The predicted octanol–water partition coefficient (Wildman–Crippen LogP) is 5.63. The fraction of sp³-hybridized carbons (Fsp3) is 0.176. The Kier molecular flexibility index (Phi) is 6.44. The molecule has 3 rings (SSSR count). The summed E-state index contributed by atoms with van der Waals surface area (Å²) in [5.74, 6) is -0.465. The van der Waals surface area contributed by atoms with Gasteiger partial charge in [0.15, 0.2) is 5.69 Å². The van der Waals surface area contributed by atoms with Gasteiger partial charge in [-0.2, -0.15) is 13.2 Å². The molecule has 0 aliphatic carbocycles. The zero-order chi connectivity index (χ0) is 21.2. The number of carbonyl (C=O) groups is 1. The number of alkyl halides is 3. The number of ether oxygens (including phenoxy) is 1. The first-order chi connectivity index (χ1) is 13.7. The number of carbonyl (C=O) groups excluding carboxylic acids is 1. The summed E-state index contributed by atoms with van der Waals surface area (Å²) in [6, 6.07) is 5.02. The molecule has 0 aliphatic rings. The highest BCUT2D eigenvalue weighted by molar-refractivity contribution is 9.10. The van der Waals surface area contributed by atoms with Crippen LogP contribution in [0.3, 0.4) is 0 Å². The standard InChI is InChI=1S/C17H12BrF3N4O2S2/c1-27-14(26)12-15(28-2)29-13(25-12)11-3-4-22-16(24-11)23-10-6-8(17(19,20)21)5-9(18)7-10/h3-7H,1-2H3,(H,22,23,24). The molecule has 12 heteroatoms. The average molecular weight is 505 g/mol. The molecule has 0 unspecified atom stereocenters. The number of benzene rings is 1. The summed E-state index contributed by atoms with van der Waals surface area (Å²) in [4.78, 5) is 24.5. The molecule has 3 aromatic rings. The van der Waals surface area contributed by atoms with Crippen molar-refractivity contribution in [2.45, 2.75) is 10.4 Å². The van der Waals surface area contributed by atoms with Crippen molar-refractivity contribution < 1.29 is 22.7 Å². The molecule has 2 aromatic heterocycles. The third-order valence-electron chi connectivity index (χ3n) is 3.52. The Balaban J connectivity index is 1.93. The number of esters is 1. The van der Waals surface area contributed by atoms with Crippen LogP contribution in [0, 0.1) is 0 Å². The quantitative estimate of drug-likeness (QED) is 0.356. The van der Waals surface area contributed by atoms with Crippen molar-refractivity contribution in [3.8, 4) is 10.7 Å². The van der Waals surface area contributed by atoms with Crippen molar-refractivity contribution in [1.29, 1.82) is 0 Å². The zero-order valence-corrected chi connectivity index (χ0v) is 18.1. The van der Waals surface area contributed by atoms with Gasteiger partial charge in [-0.25, -0.2) is 19.7 Å². The van der Waals surface area contributed by atoms with Crippen LogP contribution in [0.25, 0.3) is 10.7 Å². The van der Waals surface area contributed by atoms with Crippen molar-refractivity contribution in [2.24, 2.45) is 0 Å². The third kappa shape index (κ3) is 5.06. The second-order valence-electron chi connectivity index (χ2n) is 5.47. The van der Waals surface area contributed by atoms with E-state index in [0.29, 0.717) is 14.9 Å². The van der Waals surface area contributed by atoms with Crippen LogP contribution >= 0.6 is 39.0 Å². The van der Waals surface area contributed by atoms with Gasteiger partial charge in [0, 0.05) is 16.4 Å². The molecule has 0 radical (unpaired) electrons. The van der Waals surface area contributed by atoms with Gasteiger partial charge >= 0.3 is 12.1 Å². The topological polar surface area (TPSA) is 77.0 Å². The highest BCUT2D eigenvalue weighted by Gasteiger charge is 2.31. The number of thiazole rings is 1. The molecule has 0 aliphatic heterocycles. The molecule has 0 amide bonds. The molecule has 6 nitrogen and oxygen atoms in total. The van der Waals surface area contributed by atoms with E-state index in [1.165, 1.54) is 42.5 Å². The molecule has 1 aromatic carbocycles. The summed E-state index contributed by atoms with van der Waals surface area (Å²) in [5, 5.41) is 3.23. The molecule has 0 atom stereocenters. The Morgan fingerprint density at radius 3 is 2.69 bits per heavy atom. The van der Waals surface area contributed by atoms with E-state index in [1.54, 1.807) is 6.07 Å². The molecular formula is C17H12BrF3N4O2S2. The number of thioether (sulfide) groups is 1. The zero-order valence-electron chi connectivity index (χ0n) is 14.9. The molecule has 1 N–H and O–H groups in total. The Morgan fingerprint density at radius 2 is 2.03 bits per heavy atom. The molecular weight excluding hydrogens is 493 g/mol. The van der Waals surface area contributed by atoms with E-state index >= 15 is 0 Å². The maximum atomic E-state index is 13.0. The Hall–Kier alpha value is -2.18. The van der Waals surface area contributed by atoms with Gasteiger partial charge in [-0.3, -0.25) is 0 Å². The monoisotopic (exact) mass is 504 g/mol. The Bertz CT molecular complexity index is 1060. The summed E-state index contributed by atoms with van der Waals surface area (Å²) in [7, 11) is 1.27. The first kappa shape index (κ1) is 21.5. The fourth-order valence-corrected chi connectivity index (χ4v) is 4.41. The van der Waals surface area contributed by atoms with Crippen LogP contribution in [-0.2, 0) is 10.9 Å². The van der Waals surface area contributed by atoms with Gasteiger partial charge in [-0.1, -0.05) is 15.9 Å². The molecule has 29 heavy (non-hydrogen) atoms.